The summed E-state index contributed by atoms with van der Waals surface area (Å²) in [5, 5.41) is 0.619. The Kier molecular flexibility index (Phi) is 8.01. The highest BCUT2D eigenvalue weighted by molar-refractivity contribution is 7.91. The second-order valence-electron chi connectivity index (χ2n) is 7.92. The maximum Gasteiger partial charge on any atom is 0.180 e. The molecule has 4 rings (SSSR count). The summed E-state index contributed by atoms with van der Waals surface area (Å²) in [4.78, 5) is 5.86. The summed E-state index contributed by atoms with van der Waals surface area (Å²) in [5.41, 5.74) is 4.13. The molecule has 0 radical (unpaired) electrons. The van der Waals surface area contributed by atoms with Gasteiger partial charge in [0.25, 0.3) is 0 Å². The number of hydrogen-bond donors (Lipinski definition) is 1. The van der Waals surface area contributed by atoms with Gasteiger partial charge in [-0.25, -0.2) is 8.42 Å². The molecule has 0 aromatic heterocycles. The van der Waals surface area contributed by atoms with Crippen molar-refractivity contribution in [3.63, 3.8) is 0 Å². The number of hydrogen-bond acceptors (Lipinski definition) is 6. The first kappa shape index (κ1) is 23.7. The molecular formula is C25H26ClNO5S. The monoisotopic (exact) mass is 487 g/mol. The topological polar surface area (TPSA) is 73.9 Å². The summed E-state index contributed by atoms with van der Waals surface area (Å²) < 4.78 is 37.3. The quantitative estimate of drug-likeness (QED) is 0.419. The Bertz CT molecular complexity index is 1120. The minimum Gasteiger partial charge on any atom is -0.457 e. The minimum absolute atomic E-state index is 0.0396. The molecule has 0 bridgehead atoms. The van der Waals surface area contributed by atoms with Crippen LogP contribution in [0.4, 0.5) is 0 Å². The molecule has 0 saturated carbocycles. The zero-order chi connectivity index (χ0) is 23.1. The molecule has 1 heterocycles. The van der Waals surface area contributed by atoms with Crippen molar-refractivity contribution in [2.24, 2.45) is 0 Å². The van der Waals surface area contributed by atoms with Crippen molar-refractivity contribution in [1.82, 2.24) is 5.48 Å². The van der Waals surface area contributed by atoms with Crippen LogP contribution in [-0.2, 0) is 26.0 Å². The lowest BCUT2D eigenvalue weighted by molar-refractivity contribution is -0.0514. The van der Waals surface area contributed by atoms with Gasteiger partial charge in [0.1, 0.15) is 11.5 Å². The molecular weight excluding hydrogens is 462 g/mol. The van der Waals surface area contributed by atoms with Gasteiger partial charge in [0, 0.05) is 17.7 Å². The van der Waals surface area contributed by atoms with Gasteiger partial charge in [-0.3, -0.25) is 4.84 Å². The fourth-order valence-corrected chi connectivity index (χ4v) is 5.21. The molecule has 1 N–H and O–H groups in total. The highest BCUT2D eigenvalue weighted by Gasteiger charge is 2.28. The first-order valence-corrected chi connectivity index (χ1v) is 12.8. The van der Waals surface area contributed by atoms with Crippen molar-refractivity contribution in [3.05, 3.63) is 89.4 Å². The fourth-order valence-electron chi connectivity index (χ4n) is 3.62. The van der Waals surface area contributed by atoms with E-state index < -0.39 is 15.9 Å². The number of hydroxylamine groups is 1. The Hall–Kier alpha value is -2.42. The van der Waals surface area contributed by atoms with Crippen LogP contribution in [0.3, 0.4) is 0 Å². The van der Waals surface area contributed by atoms with Gasteiger partial charge < -0.3 is 9.47 Å². The number of rotatable bonds is 9. The predicted octanol–water partition coefficient (Wildman–Crippen LogP) is 5.18. The second-order valence-corrected chi connectivity index (χ2v) is 10.4. The molecule has 1 aliphatic heterocycles. The molecule has 6 nitrogen and oxygen atoms in total. The number of benzene rings is 3. The maximum absolute atomic E-state index is 12.9. The average Bonchev–Trinajstić information content (AvgIpc) is 2.82. The zero-order valence-electron chi connectivity index (χ0n) is 18.0. The van der Waals surface area contributed by atoms with Crippen LogP contribution in [0.15, 0.2) is 83.8 Å². The van der Waals surface area contributed by atoms with Crippen molar-refractivity contribution in [3.8, 4) is 11.5 Å². The Balaban J connectivity index is 1.29. The molecule has 33 heavy (non-hydrogen) atoms. The summed E-state index contributed by atoms with van der Waals surface area (Å²) in [7, 11) is -3.51. The van der Waals surface area contributed by atoms with Crippen LogP contribution in [0.5, 0.6) is 11.5 Å². The van der Waals surface area contributed by atoms with E-state index >= 15 is 0 Å². The second kappa shape index (κ2) is 11.1. The van der Waals surface area contributed by atoms with Crippen molar-refractivity contribution in [2.75, 3.05) is 12.4 Å². The maximum atomic E-state index is 12.9. The zero-order valence-corrected chi connectivity index (χ0v) is 19.6. The van der Waals surface area contributed by atoms with Crippen molar-refractivity contribution >= 4 is 21.4 Å². The minimum atomic E-state index is -3.51. The predicted molar refractivity (Wildman–Crippen MR) is 127 cm³/mol. The largest absolute Gasteiger partial charge is 0.457 e. The molecule has 2 unspecified atom stereocenters. The first-order chi connectivity index (χ1) is 16.0. The molecule has 3 aromatic rings. The number of halogens is 1. The summed E-state index contributed by atoms with van der Waals surface area (Å²) in [6.07, 6.45) is 0.931. The van der Waals surface area contributed by atoms with E-state index in [9.17, 15) is 8.42 Å². The Labute approximate surface area is 199 Å². The van der Waals surface area contributed by atoms with Crippen LogP contribution >= 0.6 is 11.6 Å². The lowest BCUT2D eigenvalue weighted by atomic mass is 10.1. The van der Waals surface area contributed by atoms with Gasteiger partial charge in [-0.2, -0.15) is 5.48 Å². The van der Waals surface area contributed by atoms with E-state index in [4.69, 9.17) is 25.9 Å². The highest BCUT2D eigenvalue weighted by atomic mass is 35.5. The molecule has 0 spiro atoms. The molecule has 8 heteroatoms. The van der Waals surface area contributed by atoms with Gasteiger partial charge in [-0.1, -0.05) is 41.9 Å². The molecule has 2 atom stereocenters. The average molecular weight is 488 g/mol. The normalized spacial score (nSPS) is 18.7. The van der Waals surface area contributed by atoms with Gasteiger partial charge in [0.15, 0.2) is 9.84 Å². The summed E-state index contributed by atoms with van der Waals surface area (Å²) in [6.45, 7) is 0.937. The van der Waals surface area contributed by atoms with Gasteiger partial charge in [0.05, 0.1) is 23.4 Å². The third-order valence-corrected chi connectivity index (χ3v) is 7.39. The Morgan fingerprint density at radius 3 is 2.30 bits per heavy atom. The van der Waals surface area contributed by atoms with Crippen molar-refractivity contribution in [1.29, 1.82) is 0 Å². The highest BCUT2D eigenvalue weighted by Crippen LogP contribution is 2.26. The molecule has 1 saturated heterocycles. The van der Waals surface area contributed by atoms with Crippen LogP contribution in [0, 0.1) is 0 Å². The van der Waals surface area contributed by atoms with E-state index in [1.54, 1.807) is 48.5 Å². The van der Waals surface area contributed by atoms with E-state index in [-0.39, 0.29) is 16.7 Å². The third kappa shape index (κ3) is 7.03. The Morgan fingerprint density at radius 1 is 0.939 bits per heavy atom. The lowest BCUT2D eigenvalue weighted by Gasteiger charge is -2.29. The number of nitrogens with one attached hydrogen (secondary N) is 1. The van der Waals surface area contributed by atoms with E-state index in [1.807, 2.05) is 30.3 Å². The van der Waals surface area contributed by atoms with Gasteiger partial charge in [-0.15, -0.1) is 0 Å². The van der Waals surface area contributed by atoms with Crippen LogP contribution < -0.4 is 10.2 Å². The molecule has 3 aromatic carbocycles. The Morgan fingerprint density at radius 2 is 1.61 bits per heavy atom. The van der Waals surface area contributed by atoms with Gasteiger partial charge in [0.2, 0.25) is 0 Å². The lowest BCUT2D eigenvalue weighted by Crippen LogP contribution is -2.41. The SMILES string of the molecule is O=S(=O)(CC1CC(NOCc2ccccc2)CCO1)c1ccc(Oc2ccc(Cl)cc2)cc1. The van der Waals surface area contributed by atoms with Crippen molar-refractivity contribution < 1.29 is 22.7 Å². The fraction of sp³-hybridized carbons (Fsp3) is 0.280. The van der Waals surface area contributed by atoms with Gasteiger partial charge in [-0.05, 0) is 66.9 Å². The molecule has 0 aliphatic carbocycles. The molecule has 1 aliphatic rings. The van der Waals surface area contributed by atoms with Crippen molar-refractivity contribution in [2.45, 2.75) is 36.5 Å². The van der Waals surface area contributed by atoms with Crippen LogP contribution in [0.25, 0.3) is 0 Å². The summed E-state index contributed by atoms with van der Waals surface area (Å²) >= 11 is 5.88. The third-order valence-electron chi connectivity index (χ3n) is 5.34. The van der Waals surface area contributed by atoms with Crippen LogP contribution in [0.2, 0.25) is 5.02 Å². The molecule has 1 fully saturated rings. The summed E-state index contributed by atoms with van der Waals surface area (Å²) in [5.74, 6) is 1.09. The van der Waals surface area contributed by atoms with E-state index in [0.717, 1.165) is 12.0 Å². The number of ether oxygens (including phenoxy) is 2. The van der Waals surface area contributed by atoms with Gasteiger partial charge >= 0.3 is 0 Å². The van der Waals surface area contributed by atoms with Crippen LogP contribution in [-0.4, -0.2) is 32.9 Å². The first-order valence-electron chi connectivity index (χ1n) is 10.8. The molecule has 174 valence electrons. The molecule has 0 amide bonds. The van der Waals surface area contributed by atoms with Crippen LogP contribution in [0.1, 0.15) is 18.4 Å². The van der Waals surface area contributed by atoms with E-state index in [0.29, 0.717) is 36.2 Å². The standard InChI is InChI=1S/C25H26ClNO5S/c26-20-6-8-22(9-7-20)32-23-10-12-25(13-11-23)33(28,29)18-24-16-21(14-15-30-24)27-31-17-19-4-2-1-3-5-19/h1-13,21,24,27H,14-18H2. The summed E-state index contributed by atoms with van der Waals surface area (Å²) in [6, 6.07) is 23.3. The smallest absolute Gasteiger partial charge is 0.180 e. The number of sulfone groups is 1. The van der Waals surface area contributed by atoms with E-state index in [2.05, 4.69) is 5.48 Å². The van der Waals surface area contributed by atoms with E-state index in [1.165, 1.54) is 0 Å².